The first-order valence-electron chi connectivity index (χ1n) is 2.31. The average Bonchev–Trinajstić information content (AvgIpc) is 1.63. The highest BCUT2D eigenvalue weighted by molar-refractivity contribution is 5.99. The molecule has 0 aromatic heterocycles. The second-order valence-electron chi connectivity index (χ2n) is 1.59. The average molecular weight is 128 g/mol. The van der Waals surface area contributed by atoms with E-state index in [0.29, 0.717) is 0 Å². The molecule has 0 bridgehead atoms. The van der Waals surface area contributed by atoms with Crippen molar-refractivity contribution in [1.82, 2.24) is 0 Å². The van der Waals surface area contributed by atoms with Gasteiger partial charge in [0.1, 0.15) is 0 Å². The molecule has 0 atom stereocenters. The monoisotopic (exact) mass is 128 g/mol. The summed E-state index contributed by atoms with van der Waals surface area (Å²) in [5.41, 5.74) is 9.65. The topological polar surface area (TPSA) is 86.2 Å². The molecule has 0 radical (unpaired) electrons. The second-order valence-corrected chi connectivity index (χ2v) is 1.59. The Hall–Kier alpha value is -1.32. The second kappa shape index (κ2) is 2.86. The lowest BCUT2D eigenvalue weighted by Gasteiger charge is -1.88. The number of rotatable bonds is 2. The Bertz CT molecular complexity index is 172. The summed E-state index contributed by atoms with van der Waals surface area (Å²) in [6.07, 6.45) is 0.988. The van der Waals surface area contributed by atoms with Crippen LogP contribution in [0.25, 0.3) is 0 Å². The summed E-state index contributed by atoms with van der Waals surface area (Å²) < 4.78 is 0. The fraction of sp³-hybridized carbons (Fsp3) is 0.200. The first kappa shape index (κ1) is 7.68. The number of amides is 2. The van der Waals surface area contributed by atoms with Gasteiger partial charge >= 0.3 is 0 Å². The molecule has 50 valence electrons. The van der Waals surface area contributed by atoms with E-state index >= 15 is 0 Å². The minimum Gasteiger partial charge on any atom is -0.366 e. The van der Waals surface area contributed by atoms with Gasteiger partial charge in [-0.3, -0.25) is 9.59 Å². The molecular formula is C5H8N2O2. The molecule has 9 heavy (non-hydrogen) atoms. The molecule has 0 unspecified atom stereocenters. The van der Waals surface area contributed by atoms with Gasteiger partial charge < -0.3 is 11.5 Å². The lowest BCUT2D eigenvalue weighted by Crippen LogP contribution is -2.15. The fourth-order valence-corrected chi connectivity index (χ4v) is 0.285. The normalized spacial score (nSPS) is 11.0. The van der Waals surface area contributed by atoms with E-state index in [-0.39, 0.29) is 5.57 Å². The van der Waals surface area contributed by atoms with E-state index < -0.39 is 11.8 Å². The molecule has 0 aliphatic heterocycles. The van der Waals surface area contributed by atoms with Crippen molar-refractivity contribution >= 4 is 11.8 Å². The number of hydrogen-bond donors (Lipinski definition) is 2. The number of primary amides is 2. The molecule has 0 heterocycles. The Kier molecular flexibility index (Phi) is 2.44. The van der Waals surface area contributed by atoms with Crippen molar-refractivity contribution in [1.29, 1.82) is 0 Å². The van der Waals surface area contributed by atoms with E-state index in [9.17, 15) is 9.59 Å². The van der Waals surface area contributed by atoms with Gasteiger partial charge in [0, 0.05) is 11.6 Å². The Morgan fingerprint density at radius 3 is 1.89 bits per heavy atom. The summed E-state index contributed by atoms with van der Waals surface area (Å²) in [6.45, 7) is 1.42. The third-order valence-corrected chi connectivity index (χ3v) is 0.747. The Balaban J connectivity index is 4.17. The van der Waals surface area contributed by atoms with Crippen molar-refractivity contribution in [3.05, 3.63) is 11.6 Å². The van der Waals surface area contributed by atoms with Crippen LogP contribution in [0, 0.1) is 0 Å². The van der Waals surface area contributed by atoms with Crippen LogP contribution < -0.4 is 11.5 Å². The number of nitrogens with two attached hydrogens (primary N) is 2. The van der Waals surface area contributed by atoms with Gasteiger partial charge in [-0.15, -0.1) is 0 Å². The van der Waals surface area contributed by atoms with Crippen molar-refractivity contribution < 1.29 is 9.59 Å². The predicted octanol–water partition coefficient (Wildman–Crippen LogP) is -1.10. The molecular weight excluding hydrogens is 120 g/mol. The smallest absolute Gasteiger partial charge is 0.244 e. The summed E-state index contributed by atoms with van der Waals surface area (Å²) in [7, 11) is 0. The lowest BCUT2D eigenvalue weighted by molar-refractivity contribution is -0.116. The Labute approximate surface area is 52.5 Å². The van der Waals surface area contributed by atoms with E-state index in [1.54, 1.807) is 0 Å². The van der Waals surface area contributed by atoms with Gasteiger partial charge in [-0.2, -0.15) is 0 Å². The molecule has 2 amide bonds. The Morgan fingerprint density at radius 2 is 1.78 bits per heavy atom. The molecule has 0 rings (SSSR count). The van der Waals surface area contributed by atoms with Crippen LogP contribution in [0.3, 0.4) is 0 Å². The number of hydrogen-bond acceptors (Lipinski definition) is 2. The summed E-state index contributed by atoms with van der Waals surface area (Å²) in [5, 5.41) is 0. The van der Waals surface area contributed by atoms with Crippen molar-refractivity contribution in [3.63, 3.8) is 0 Å². The van der Waals surface area contributed by atoms with Gasteiger partial charge in [-0.05, 0) is 6.92 Å². The van der Waals surface area contributed by atoms with E-state index in [1.165, 1.54) is 6.92 Å². The highest BCUT2D eigenvalue weighted by Crippen LogP contribution is 1.86. The van der Waals surface area contributed by atoms with Crippen LogP contribution in [0.5, 0.6) is 0 Å². The highest BCUT2D eigenvalue weighted by Gasteiger charge is 1.96. The largest absolute Gasteiger partial charge is 0.366 e. The van der Waals surface area contributed by atoms with Crippen LogP contribution in [0.4, 0.5) is 0 Å². The van der Waals surface area contributed by atoms with Crippen LogP contribution in [-0.4, -0.2) is 11.8 Å². The third kappa shape index (κ3) is 3.28. The van der Waals surface area contributed by atoms with Gasteiger partial charge in [0.2, 0.25) is 11.8 Å². The van der Waals surface area contributed by atoms with E-state index in [2.05, 4.69) is 0 Å². The molecule has 4 nitrogen and oxygen atoms in total. The first-order valence-corrected chi connectivity index (χ1v) is 2.31. The molecule has 0 aliphatic carbocycles. The highest BCUT2D eigenvalue weighted by atomic mass is 16.1. The zero-order valence-electron chi connectivity index (χ0n) is 5.05. The van der Waals surface area contributed by atoms with Crippen LogP contribution >= 0.6 is 0 Å². The molecule has 0 spiro atoms. The standard InChI is InChI=1S/C5H8N2O2/c1-3(5(7)9)2-4(6)8/h2H,1H3,(H2,6,8)(H2,7,9)/b3-2+. The summed E-state index contributed by atoms with van der Waals surface area (Å²) in [5.74, 6) is -1.29. The van der Waals surface area contributed by atoms with Gasteiger partial charge in [-0.25, -0.2) is 0 Å². The van der Waals surface area contributed by atoms with Crippen molar-refractivity contribution in [2.45, 2.75) is 6.92 Å². The SMILES string of the molecule is C/C(=C\C(N)=O)C(N)=O. The maximum Gasteiger partial charge on any atom is 0.244 e. The predicted molar refractivity (Wildman–Crippen MR) is 32.1 cm³/mol. The lowest BCUT2D eigenvalue weighted by atomic mass is 10.3. The van der Waals surface area contributed by atoms with Crippen LogP contribution in [0.1, 0.15) is 6.92 Å². The fourth-order valence-electron chi connectivity index (χ4n) is 0.285. The quantitative estimate of drug-likeness (QED) is 0.462. The maximum absolute atomic E-state index is 10.2. The zero-order valence-corrected chi connectivity index (χ0v) is 5.05. The summed E-state index contributed by atoms with van der Waals surface area (Å²) in [4.78, 5) is 20.2. The number of carbonyl (C=O) groups is 2. The molecule has 0 fully saturated rings. The molecule has 0 aromatic carbocycles. The zero-order chi connectivity index (χ0) is 7.44. The Morgan fingerprint density at radius 1 is 1.33 bits per heavy atom. The van der Waals surface area contributed by atoms with Gasteiger partial charge in [0.25, 0.3) is 0 Å². The summed E-state index contributed by atoms with van der Waals surface area (Å²) in [6, 6.07) is 0. The first-order chi connectivity index (χ1) is 4.04. The maximum atomic E-state index is 10.2. The molecule has 4 N–H and O–H groups in total. The van der Waals surface area contributed by atoms with Gasteiger partial charge in [0.05, 0.1) is 0 Å². The van der Waals surface area contributed by atoms with Crippen molar-refractivity contribution in [2.75, 3.05) is 0 Å². The molecule has 0 saturated carbocycles. The minimum atomic E-state index is -0.661. The minimum absolute atomic E-state index is 0.169. The molecule has 0 saturated heterocycles. The van der Waals surface area contributed by atoms with Crippen molar-refractivity contribution in [2.24, 2.45) is 11.5 Å². The number of carbonyl (C=O) groups excluding carboxylic acids is 2. The van der Waals surface area contributed by atoms with Crippen molar-refractivity contribution in [3.8, 4) is 0 Å². The van der Waals surface area contributed by atoms with Crippen LogP contribution in [0.2, 0.25) is 0 Å². The third-order valence-electron chi connectivity index (χ3n) is 0.747. The summed E-state index contributed by atoms with van der Waals surface area (Å²) >= 11 is 0. The molecule has 4 heteroatoms. The van der Waals surface area contributed by atoms with E-state index in [0.717, 1.165) is 6.08 Å². The van der Waals surface area contributed by atoms with Crippen LogP contribution in [0.15, 0.2) is 11.6 Å². The van der Waals surface area contributed by atoms with Crippen LogP contribution in [-0.2, 0) is 9.59 Å². The molecule has 0 aromatic rings. The van der Waals surface area contributed by atoms with E-state index in [1.807, 2.05) is 0 Å². The van der Waals surface area contributed by atoms with Gasteiger partial charge in [0.15, 0.2) is 0 Å². The van der Waals surface area contributed by atoms with E-state index in [4.69, 9.17) is 11.5 Å². The van der Waals surface area contributed by atoms with Gasteiger partial charge in [-0.1, -0.05) is 0 Å². The molecule has 0 aliphatic rings.